The molecule has 0 aliphatic rings. The van der Waals surface area contributed by atoms with Crippen molar-refractivity contribution in [1.82, 2.24) is 5.32 Å². The highest BCUT2D eigenvalue weighted by Crippen LogP contribution is 2.23. The predicted octanol–water partition coefficient (Wildman–Crippen LogP) is 2.57. The molecule has 4 nitrogen and oxygen atoms in total. The van der Waals surface area contributed by atoms with E-state index in [4.69, 9.17) is 11.6 Å². The fourth-order valence-electron chi connectivity index (χ4n) is 1.95. The van der Waals surface area contributed by atoms with E-state index in [1.54, 1.807) is 0 Å². The third kappa shape index (κ3) is 4.40. The van der Waals surface area contributed by atoms with Crippen molar-refractivity contribution in [2.75, 3.05) is 6.54 Å². The summed E-state index contributed by atoms with van der Waals surface area (Å²) in [5.74, 6) is -0.189. The first kappa shape index (κ1) is 15.8. The summed E-state index contributed by atoms with van der Waals surface area (Å²) < 4.78 is 0. The van der Waals surface area contributed by atoms with E-state index in [0.717, 1.165) is 12.8 Å². The van der Waals surface area contributed by atoms with Crippen LogP contribution < -0.4 is 5.32 Å². The lowest BCUT2D eigenvalue weighted by atomic mass is 9.96. The van der Waals surface area contributed by atoms with Gasteiger partial charge in [-0.2, -0.15) is 0 Å². The largest absolute Gasteiger partial charge is 0.506 e. The van der Waals surface area contributed by atoms with Crippen molar-refractivity contribution >= 4 is 17.5 Å². The Morgan fingerprint density at radius 1 is 1.37 bits per heavy atom. The molecule has 0 spiro atoms. The molecule has 0 fully saturated rings. The monoisotopic (exact) mass is 285 g/mol. The van der Waals surface area contributed by atoms with Crippen molar-refractivity contribution in [2.24, 2.45) is 5.92 Å². The molecular formula is C14H20ClNO3. The van der Waals surface area contributed by atoms with Gasteiger partial charge in [-0.15, -0.1) is 0 Å². The van der Waals surface area contributed by atoms with Crippen molar-refractivity contribution in [3.63, 3.8) is 0 Å². The quantitative estimate of drug-likeness (QED) is 0.752. The Kier molecular flexibility index (Phi) is 6.12. The molecule has 1 aromatic rings. The second-order valence-corrected chi connectivity index (χ2v) is 4.93. The highest BCUT2D eigenvalue weighted by molar-refractivity contribution is 6.32. The van der Waals surface area contributed by atoms with Crippen molar-refractivity contribution in [2.45, 2.75) is 32.8 Å². The van der Waals surface area contributed by atoms with Crippen LogP contribution in [0.5, 0.6) is 5.75 Å². The Bertz CT molecular complexity index is 433. The molecule has 0 aliphatic heterocycles. The zero-order valence-electron chi connectivity index (χ0n) is 11.2. The van der Waals surface area contributed by atoms with E-state index in [2.05, 4.69) is 5.32 Å². The van der Waals surface area contributed by atoms with Crippen LogP contribution in [0.1, 0.15) is 37.0 Å². The fourth-order valence-corrected chi connectivity index (χ4v) is 2.13. The molecule has 1 amide bonds. The first-order valence-electron chi connectivity index (χ1n) is 6.44. The Morgan fingerprint density at radius 2 is 2.00 bits per heavy atom. The summed E-state index contributed by atoms with van der Waals surface area (Å²) in [6.45, 7) is 4.24. The molecule has 1 atom stereocenters. The Hall–Kier alpha value is -1.26. The molecule has 0 aromatic heterocycles. The highest BCUT2D eigenvalue weighted by atomic mass is 35.5. The second-order valence-electron chi connectivity index (χ2n) is 4.52. The average Bonchev–Trinajstić information content (AvgIpc) is 2.40. The van der Waals surface area contributed by atoms with Gasteiger partial charge in [0.2, 0.25) is 0 Å². The summed E-state index contributed by atoms with van der Waals surface area (Å²) in [5.41, 5.74) is 0.361. The van der Waals surface area contributed by atoms with Crippen LogP contribution in [0.4, 0.5) is 0 Å². The van der Waals surface area contributed by atoms with Gasteiger partial charge in [0, 0.05) is 12.1 Å². The van der Waals surface area contributed by atoms with Gasteiger partial charge in [0.05, 0.1) is 11.1 Å². The summed E-state index contributed by atoms with van der Waals surface area (Å²) in [7, 11) is 0. The molecule has 0 saturated carbocycles. The van der Waals surface area contributed by atoms with E-state index < -0.39 is 6.10 Å². The molecule has 19 heavy (non-hydrogen) atoms. The minimum absolute atomic E-state index is 0.0599. The number of rotatable bonds is 6. The van der Waals surface area contributed by atoms with Gasteiger partial charge >= 0.3 is 0 Å². The van der Waals surface area contributed by atoms with Crippen molar-refractivity contribution in [1.29, 1.82) is 0 Å². The van der Waals surface area contributed by atoms with Crippen LogP contribution in [-0.4, -0.2) is 28.8 Å². The van der Waals surface area contributed by atoms with Gasteiger partial charge in [-0.05, 0) is 24.1 Å². The van der Waals surface area contributed by atoms with Crippen LogP contribution in [0.15, 0.2) is 18.2 Å². The number of phenolic OH excluding ortho intramolecular Hbond substituents is 1. The first-order valence-corrected chi connectivity index (χ1v) is 6.82. The van der Waals surface area contributed by atoms with E-state index >= 15 is 0 Å². The number of hydrogen-bond acceptors (Lipinski definition) is 3. The van der Waals surface area contributed by atoms with Gasteiger partial charge in [0.15, 0.2) is 0 Å². The molecule has 3 N–H and O–H groups in total. The smallest absolute Gasteiger partial charge is 0.251 e. The van der Waals surface area contributed by atoms with Gasteiger partial charge in [0.25, 0.3) is 5.91 Å². The molecule has 0 aliphatic carbocycles. The summed E-state index contributed by atoms with van der Waals surface area (Å²) in [6, 6.07) is 4.25. The van der Waals surface area contributed by atoms with E-state index in [1.807, 2.05) is 13.8 Å². The number of aliphatic hydroxyl groups excluding tert-OH is 1. The average molecular weight is 286 g/mol. The molecule has 0 bridgehead atoms. The first-order chi connectivity index (χ1) is 8.99. The summed E-state index contributed by atoms with van der Waals surface area (Å²) >= 11 is 5.74. The summed E-state index contributed by atoms with van der Waals surface area (Å²) in [5, 5.41) is 22.0. The van der Waals surface area contributed by atoms with E-state index in [0.29, 0.717) is 5.56 Å². The lowest BCUT2D eigenvalue weighted by Gasteiger charge is -2.20. The SMILES string of the molecule is CCC(CC)C(O)CNC(=O)c1ccc(O)c(Cl)c1. The zero-order chi connectivity index (χ0) is 14.4. The number of amides is 1. The normalized spacial score (nSPS) is 12.5. The number of nitrogens with one attached hydrogen (secondary N) is 1. The van der Waals surface area contributed by atoms with Gasteiger partial charge in [0.1, 0.15) is 5.75 Å². The molecule has 1 rings (SSSR count). The van der Waals surface area contributed by atoms with Gasteiger partial charge in [-0.25, -0.2) is 0 Å². The van der Waals surface area contributed by atoms with Crippen LogP contribution in [0.2, 0.25) is 5.02 Å². The lowest BCUT2D eigenvalue weighted by Crippen LogP contribution is -2.36. The van der Waals surface area contributed by atoms with E-state index in [-0.39, 0.29) is 29.1 Å². The molecule has 0 heterocycles. The number of phenols is 1. The number of aliphatic hydroxyl groups is 1. The molecule has 0 radical (unpaired) electrons. The Morgan fingerprint density at radius 3 is 2.53 bits per heavy atom. The predicted molar refractivity (Wildman–Crippen MR) is 75.5 cm³/mol. The standard InChI is InChI=1S/C14H20ClNO3/c1-3-9(4-2)13(18)8-16-14(19)10-5-6-12(17)11(15)7-10/h5-7,9,13,17-18H,3-4,8H2,1-2H3,(H,16,19). The van der Waals surface area contributed by atoms with Crippen molar-refractivity contribution in [3.8, 4) is 5.75 Å². The fraction of sp³-hybridized carbons (Fsp3) is 0.500. The number of carbonyl (C=O) groups is 1. The zero-order valence-corrected chi connectivity index (χ0v) is 11.9. The van der Waals surface area contributed by atoms with Crippen molar-refractivity contribution < 1.29 is 15.0 Å². The van der Waals surface area contributed by atoms with Gasteiger partial charge < -0.3 is 15.5 Å². The van der Waals surface area contributed by atoms with Crippen LogP contribution >= 0.6 is 11.6 Å². The van der Waals surface area contributed by atoms with Crippen LogP contribution in [0.25, 0.3) is 0 Å². The van der Waals surface area contributed by atoms with Gasteiger partial charge in [-0.3, -0.25) is 4.79 Å². The topological polar surface area (TPSA) is 69.6 Å². The lowest BCUT2D eigenvalue weighted by molar-refractivity contribution is 0.0816. The maximum atomic E-state index is 11.8. The number of halogens is 1. The second kappa shape index (κ2) is 7.36. The van der Waals surface area contributed by atoms with Crippen LogP contribution in [0.3, 0.4) is 0 Å². The minimum Gasteiger partial charge on any atom is -0.506 e. The van der Waals surface area contributed by atoms with E-state index in [9.17, 15) is 15.0 Å². The molecule has 5 heteroatoms. The van der Waals surface area contributed by atoms with Gasteiger partial charge in [-0.1, -0.05) is 38.3 Å². The number of benzene rings is 1. The number of carbonyl (C=O) groups excluding carboxylic acids is 1. The Balaban J connectivity index is 2.58. The molecule has 1 unspecified atom stereocenters. The third-order valence-corrected chi connectivity index (χ3v) is 3.58. The van der Waals surface area contributed by atoms with E-state index in [1.165, 1.54) is 18.2 Å². The molecular weight excluding hydrogens is 266 g/mol. The maximum Gasteiger partial charge on any atom is 0.251 e. The summed E-state index contributed by atoms with van der Waals surface area (Å²) in [6.07, 6.45) is 1.20. The van der Waals surface area contributed by atoms with Crippen LogP contribution in [-0.2, 0) is 0 Å². The Labute approximate surface area is 118 Å². The maximum absolute atomic E-state index is 11.8. The number of aromatic hydroxyl groups is 1. The molecule has 1 aromatic carbocycles. The minimum atomic E-state index is -0.550. The molecule has 0 saturated heterocycles. The third-order valence-electron chi connectivity index (χ3n) is 3.27. The summed E-state index contributed by atoms with van der Waals surface area (Å²) in [4.78, 5) is 11.8. The number of hydrogen-bond donors (Lipinski definition) is 3. The van der Waals surface area contributed by atoms with Crippen LogP contribution in [0, 0.1) is 5.92 Å². The van der Waals surface area contributed by atoms with Crippen molar-refractivity contribution in [3.05, 3.63) is 28.8 Å². The highest BCUT2D eigenvalue weighted by Gasteiger charge is 2.17. The molecule has 106 valence electrons.